The van der Waals surface area contributed by atoms with Gasteiger partial charge in [-0.3, -0.25) is 4.99 Å². The molecule has 1 aromatic heterocycles. The molecule has 2 atom stereocenters. The summed E-state index contributed by atoms with van der Waals surface area (Å²) < 4.78 is 10.8. The van der Waals surface area contributed by atoms with Gasteiger partial charge < -0.3 is 19.8 Å². The van der Waals surface area contributed by atoms with Crippen LogP contribution in [0.4, 0.5) is 0 Å². The van der Waals surface area contributed by atoms with Crippen molar-refractivity contribution in [3.8, 4) is 5.75 Å². The van der Waals surface area contributed by atoms with Crippen LogP contribution in [0.1, 0.15) is 24.7 Å². The van der Waals surface area contributed by atoms with Crippen LogP contribution in [0.25, 0.3) is 0 Å². The van der Waals surface area contributed by atoms with Crippen molar-refractivity contribution in [2.45, 2.75) is 31.3 Å². The molecule has 5 nitrogen and oxygen atoms in total. The molecule has 2 unspecified atom stereocenters. The molecule has 23 heavy (non-hydrogen) atoms. The topological polar surface area (TPSA) is 58.8 Å². The zero-order valence-electron chi connectivity index (χ0n) is 13.8. The van der Waals surface area contributed by atoms with Gasteiger partial charge in [0.15, 0.2) is 5.96 Å². The van der Waals surface area contributed by atoms with Gasteiger partial charge >= 0.3 is 0 Å². The maximum absolute atomic E-state index is 5.50. The minimum atomic E-state index is 0.0644. The summed E-state index contributed by atoms with van der Waals surface area (Å²) in [5.41, 5.74) is 1.30. The predicted octanol–water partition coefficient (Wildman–Crippen LogP) is 2.68. The smallest absolute Gasteiger partial charge is 0.191 e. The van der Waals surface area contributed by atoms with Crippen molar-refractivity contribution in [3.05, 3.63) is 54.0 Å². The van der Waals surface area contributed by atoms with Gasteiger partial charge in [-0.15, -0.1) is 0 Å². The number of benzene rings is 1. The number of methoxy groups -OCH3 is 1. The van der Waals surface area contributed by atoms with Gasteiger partial charge in [-0.1, -0.05) is 25.1 Å². The van der Waals surface area contributed by atoms with Gasteiger partial charge in [0.1, 0.15) is 11.5 Å². The number of nitrogens with zero attached hydrogens (tertiary/aromatic N) is 1. The first-order chi connectivity index (χ1) is 11.2. The number of rotatable bonds is 5. The van der Waals surface area contributed by atoms with E-state index >= 15 is 0 Å². The van der Waals surface area contributed by atoms with Crippen LogP contribution in [0, 0.1) is 0 Å². The second-order valence-corrected chi connectivity index (χ2v) is 6.02. The lowest BCUT2D eigenvalue weighted by Gasteiger charge is -2.17. The van der Waals surface area contributed by atoms with Crippen molar-refractivity contribution < 1.29 is 9.15 Å². The number of nitrogens with one attached hydrogen (secondary N) is 2. The molecule has 2 aromatic rings. The lowest BCUT2D eigenvalue weighted by Crippen LogP contribution is -2.40. The molecular formula is C18H23N3O2. The predicted molar refractivity (Wildman–Crippen MR) is 90.8 cm³/mol. The number of ether oxygens (including phenoxy) is 1. The molecule has 1 fully saturated rings. The number of hydrogen-bond acceptors (Lipinski definition) is 3. The Labute approximate surface area is 136 Å². The van der Waals surface area contributed by atoms with E-state index in [4.69, 9.17) is 9.15 Å². The number of hydrogen-bond donors (Lipinski definition) is 2. The monoisotopic (exact) mass is 313 g/mol. The Morgan fingerprint density at radius 2 is 2.17 bits per heavy atom. The number of guanidine groups is 1. The first kappa shape index (κ1) is 15.5. The Balaban J connectivity index is 1.62. The van der Waals surface area contributed by atoms with Crippen LogP contribution in [0.3, 0.4) is 0 Å². The average Bonchev–Trinajstić information content (AvgIpc) is 3.00. The maximum atomic E-state index is 5.50. The number of para-hydroxylation sites is 1. The summed E-state index contributed by atoms with van der Waals surface area (Å²) >= 11 is 0. The normalized spacial score (nSPS) is 23.4. The second kappa shape index (κ2) is 6.36. The standard InChI is InChI=1S/C18H23N3O2/c1-18(14-8-4-5-9-15(14)22-3)11-16(18)21-17(19-2)20-12-13-7-6-10-23-13/h4-10,16H,11-12H2,1-3H3,(H2,19,20,21). The van der Waals surface area contributed by atoms with Crippen LogP contribution in [0.2, 0.25) is 0 Å². The highest BCUT2D eigenvalue weighted by Crippen LogP contribution is 2.50. The van der Waals surface area contributed by atoms with Gasteiger partial charge in [0.2, 0.25) is 0 Å². The van der Waals surface area contributed by atoms with Crippen molar-refractivity contribution in [1.82, 2.24) is 10.6 Å². The molecule has 1 saturated carbocycles. The van der Waals surface area contributed by atoms with Crippen LogP contribution in [-0.4, -0.2) is 26.2 Å². The summed E-state index contributed by atoms with van der Waals surface area (Å²) in [5.74, 6) is 2.61. The van der Waals surface area contributed by atoms with Gasteiger partial charge in [-0.2, -0.15) is 0 Å². The molecule has 1 aromatic carbocycles. The molecule has 0 saturated heterocycles. The van der Waals surface area contributed by atoms with Gasteiger partial charge in [0.25, 0.3) is 0 Å². The summed E-state index contributed by atoms with van der Waals surface area (Å²) in [6.45, 7) is 2.87. The van der Waals surface area contributed by atoms with Gasteiger partial charge in [-0.25, -0.2) is 0 Å². The molecule has 0 bridgehead atoms. The first-order valence-corrected chi connectivity index (χ1v) is 7.80. The molecule has 122 valence electrons. The minimum absolute atomic E-state index is 0.0644. The fraction of sp³-hybridized carbons (Fsp3) is 0.389. The second-order valence-electron chi connectivity index (χ2n) is 6.02. The third-order valence-corrected chi connectivity index (χ3v) is 4.50. The quantitative estimate of drug-likeness (QED) is 0.658. The zero-order chi connectivity index (χ0) is 16.3. The molecule has 1 heterocycles. The Kier molecular flexibility index (Phi) is 4.28. The summed E-state index contributed by atoms with van der Waals surface area (Å²) in [6, 6.07) is 12.4. The Hall–Kier alpha value is -2.43. The molecule has 0 aliphatic heterocycles. The highest BCUT2D eigenvalue weighted by Gasteiger charge is 2.53. The van der Waals surface area contributed by atoms with E-state index in [1.165, 1.54) is 5.56 Å². The number of aliphatic imine (C=N–C) groups is 1. The van der Waals surface area contributed by atoms with Crippen molar-refractivity contribution >= 4 is 5.96 Å². The summed E-state index contributed by atoms with van der Waals surface area (Å²) in [4.78, 5) is 4.29. The molecule has 0 spiro atoms. The van der Waals surface area contributed by atoms with E-state index in [-0.39, 0.29) is 5.41 Å². The zero-order valence-corrected chi connectivity index (χ0v) is 13.8. The van der Waals surface area contributed by atoms with Crippen molar-refractivity contribution in [2.75, 3.05) is 14.2 Å². The van der Waals surface area contributed by atoms with E-state index in [1.807, 2.05) is 24.3 Å². The molecule has 5 heteroatoms. The van der Waals surface area contributed by atoms with Gasteiger partial charge in [0, 0.05) is 24.1 Å². The van der Waals surface area contributed by atoms with Crippen molar-refractivity contribution in [3.63, 3.8) is 0 Å². The maximum Gasteiger partial charge on any atom is 0.191 e. The van der Waals surface area contributed by atoms with Crippen LogP contribution in [0.15, 0.2) is 52.1 Å². The number of furan rings is 1. The molecule has 2 N–H and O–H groups in total. The van der Waals surface area contributed by atoms with E-state index in [0.29, 0.717) is 12.6 Å². The largest absolute Gasteiger partial charge is 0.496 e. The lowest BCUT2D eigenvalue weighted by molar-refractivity contribution is 0.404. The van der Waals surface area contributed by atoms with E-state index < -0.39 is 0 Å². The molecular weight excluding hydrogens is 290 g/mol. The van der Waals surface area contributed by atoms with Crippen molar-refractivity contribution in [2.24, 2.45) is 4.99 Å². The van der Waals surface area contributed by atoms with E-state index in [1.54, 1.807) is 20.4 Å². The third kappa shape index (κ3) is 3.18. The molecule has 3 rings (SSSR count). The summed E-state index contributed by atoms with van der Waals surface area (Å²) in [5, 5.41) is 6.76. The fourth-order valence-electron chi connectivity index (χ4n) is 2.93. The van der Waals surface area contributed by atoms with E-state index in [2.05, 4.69) is 34.7 Å². The Bertz CT molecular complexity index is 681. The highest BCUT2D eigenvalue weighted by atomic mass is 16.5. The van der Waals surface area contributed by atoms with Crippen LogP contribution in [0.5, 0.6) is 5.75 Å². The first-order valence-electron chi connectivity index (χ1n) is 7.80. The average molecular weight is 313 g/mol. The van der Waals surface area contributed by atoms with E-state index in [9.17, 15) is 0 Å². The molecule has 0 radical (unpaired) electrons. The Morgan fingerprint density at radius 3 is 2.87 bits per heavy atom. The highest BCUT2D eigenvalue weighted by molar-refractivity contribution is 5.80. The van der Waals surface area contributed by atoms with Crippen LogP contribution < -0.4 is 15.4 Å². The Morgan fingerprint density at radius 1 is 1.35 bits per heavy atom. The minimum Gasteiger partial charge on any atom is -0.496 e. The van der Waals surface area contributed by atoms with Gasteiger partial charge in [-0.05, 0) is 24.6 Å². The summed E-state index contributed by atoms with van der Waals surface area (Å²) in [6.07, 6.45) is 2.72. The van der Waals surface area contributed by atoms with Crippen molar-refractivity contribution in [1.29, 1.82) is 0 Å². The van der Waals surface area contributed by atoms with Crippen LogP contribution >= 0.6 is 0 Å². The molecule has 1 aliphatic rings. The molecule has 0 amide bonds. The fourth-order valence-corrected chi connectivity index (χ4v) is 2.93. The van der Waals surface area contributed by atoms with Crippen LogP contribution in [-0.2, 0) is 12.0 Å². The summed E-state index contributed by atoms with van der Waals surface area (Å²) in [7, 11) is 3.50. The van der Waals surface area contributed by atoms with Gasteiger partial charge in [0.05, 0.1) is 19.9 Å². The lowest BCUT2D eigenvalue weighted by atomic mass is 9.96. The SMILES string of the molecule is CN=C(NCc1ccco1)NC1CC1(C)c1ccccc1OC. The molecule has 1 aliphatic carbocycles. The third-order valence-electron chi connectivity index (χ3n) is 4.50. The van der Waals surface area contributed by atoms with E-state index in [0.717, 1.165) is 23.9 Å².